The molecule has 0 unspecified atom stereocenters. The van der Waals surface area contributed by atoms with Gasteiger partial charge in [-0.25, -0.2) is 0 Å². The molecular formula is C21H24BrN3O2. The molecule has 6 heteroatoms. The molecule has 1 aliphatic carbocycles. The highest BCUT2D eigenvalue weighted by atomic mass is 79.9. The van der Waals surface area contributed by atoms with Crippen LogP contribution in [-0.4, -0.2) is 24.4 Å². The van der Waals surface area contributed by atoms with Crippen molar-refractivity contribution in [3.8, 4) is 0 Å². The van der Waals surface area contributed by atoms with E-state index in [0.717, 1.165) is 28.7 Å². The van der Waals surface area contributed by atoms with E-state index in [1.54, 1.807) is 12.1 Å². The zero-order valence-corrected chi connectivity index (χ0v) is 16.7. The van der Waals surface area contributed by atoms with E-state index in [-0.39, 0.29) is 24.4 Å². The number of hydrogen-bond acceptors (Lipinski definition) is 3. The van der Waals surface area contributed by atoms with Gasteiger partial charge >= 0.3 is 0 Å². The average Bonchev–Trinajstić information content (AvgIpc) is 2.67. The lowest BCUT2D eigenvalue weighted by Gasteiger charge is -2.22. The summed E-state index contributed by atoms with van der Waals surface area (Å²) in [6.45, 7) is 0.125. The summed E-state index contributed by atoms with van der Waals surface area (Å²) in [5.74, 6) is -0.200. The normalized spacial score (nSPS) is 14.4. The van der Waals surface area contributed by atoms with Crippen LogP contribution in [0.5, 0.6) is 0 Å². The number of rotatable bonds is 6. The van der Waals surface area contributed by atoms with Gasteiger partial charge in [-0.3, -0.25) is 9.59 Å². The molecule has 1 aliphatic rings. The Kier molecular flexibility index (Phi) is 6.87. The molecule has 2 aromatic carbocycles. The summed E-state index contributed by atoms with van der Waals surface area (Å²) >= 11 is 3.38. The van der Waals surface area contributed by atoms with Gasteiger partial charge in [0.25, 0.3) is 5.91 Å². The SMILES string of the molecule is O=C(CNc1cccc(C(=O)NC2CCCCC2)c1)Nc1cccc(Br)c1. The van der Waals surface area contributed by atoms with Crippen molar-refractivity contribution in [2.24, 2.45) is 0 Å². The Morgan fingerprint density at radius 3 is 2.48 bits per heavy atom. The molecular weight excluding hydrogens is 406 g/mol. The molecule has 0 radical (unpaired) electrons. The number of carbonyl (C=O) groups is 2. The summed E-state index contributed by atoms with van der Waals surface area (Å²) in [5, 5.41) is 9.02. The first-order valence-electron chi connectivity index (χ1n) is 9.30. The lowest BCUT2D eigenvalue weighted by Crippen LogP contribution is -2.36. The summed E-state index contributed by atoms with van der Waals surface area (Å²) in [5.41, 5.74) is 2.09. The van der Waals surface area contributed by atoms with Crippen molar-refractivity contribution in [1.29, 1.82) is 0 Å². The Morgan fingerprint density at radius 1 is 0.963 bits per heavy atom. The third-order valence-electron chi connectivity index (χ3n) is 4.63. The molecule has 27 heavy (non-hydrogen) atoms. The van der Waals surface area contributed by atoms with Crippen molar-refractivity contribution in [3.63, 3.8) is 0 Å². The van der Waals surface area contributed by atoms with Crippen LogP contribution in [0, 0.1) is 0 Å². The van der Waals surface area contributed by atoms with Crippen molar-refractivity contribution < 1.29 is 9.59 Å². The zero-order valence-electron chi connectivity index (χ0n) is 15.1. The summed E-state index contributed by atoms with van der Waals surface area (Å²) in [4.78, 5) is 24.6. The number of benzene rings is 2. The fourth-order valence-electron chi connectivity index (χ4n) is 3.24. The fourth-order valence-corrected chi connectivity index (χ4v) is 3.64. The third-order valence-corrected chi connectivity index (χ3v) is 5.12. The quantitative estimate of drug-likeness (QED) is 0.629. The van der Waals surface area contributed by atoms with Gasteiger partial charge in [-0.1, -0.05) is 47.3 Å². The van der Waals surface area contributed by atoms with Crippen LogP contribution in [0.1, 0.15) is 42.5 Å². The van der Waals surface area contributed by atoms with E-state index >= 15 is 0 Å². The molecule has 0 aliphatic heterocycles. The van der Waals surface area contributed by atoms with Crippen molar-refractivity contribution in [2.45, 2.75) is 38.1 Å². The van der Waals surface area contributed by atoms with Gasteiger partial charge in [0.1, 0.15) is 0 Å². The third kappa shape index (κ3) is 6.10. The van der Waals surface area contributed by atoms with Gasteiger partial charge in [0.2, 0.25) is 5.91 Å². The van der Waals surface area contributed by atoms with Crippen molar-refractivity contribution in [2.75, 3.05) is 17.2 Å². The predicted molar refractivity (Wildman–Crippen MR) is 112 cm³/mol. The Labute approximate surface area is 168 Å². The number of carbonyl (C=O) groups excluding carboxylic acids is 2. The fraction of sp³-hybridized carbons (Fsp3) is 0.333. The zero-order chi connectivity index (χ0) is 19.1. The Bertz CT molecular complexity index is 804. The Balaban J connectivity index is 1.52. The highest BCUT2D eigenvalue weighted by molar-refractivity contribution is 9.10. The van der Waals surface area contributed by atoms with Crippen LogP contribution in [0.15, 0.2) is 53.0 Å². The predicted octanol–water partition coefficient (Wildman–Crippen LogP) is 4.56. The molecule has 2 aromatic rings. The second kappa shape index (κ2) is 9.55. The molecule has 0 heterocycles. The maximum absolute atomic E-state index is 12.5. The van der Waals surface area contributed by atoms with E-state index in [1.807, 2.05) is 36.4 Å². The number of nitrogens with one attached hydrogen (secondary N) is 3. The standard InChI is InChI=1S/C21H24BrN3O2/c22-16-7-5-11-19(13-16)24-20(26)14-23-18-10-4-6-15(12-18)21(27)25-17-8-2-1-3-9-17/h4-7,10-13,17,23H,1-3,8-9,14H2,(H,24,26)(H,25,27). The highest BCUT2D eigenvalue weighted by Gasteiger charge is 2.16. The van der Waals surface area contributed by atoms with Gasteiger partial charge in [0.15, 0.2) is 0 Å². The summed E-state index contributed by atoms with van der Waals surface area (Å²) in [6, 6.07) is 15.0. The van der Waals surface area contributed by atoms with Gasteiger partial charge in [-0.05, 0) is 49.2 Å². The van der Waals surface area contributed by atoms with Gasteiger partial charge in [-0.15, -0.1) is 0 Å². The molecule has 3 rings (SSSR count). The minimum atomic E-state index is -0.148. The number of amides is 2. The van der Waals surface area contributed by atoms with Crippen LogP contribution in [0.3, 0.4) is 0 Å². The van der Waals surface area contributed by atoms with E-state index < -0.39 is 0 Å². The van der Waals surface area contributed by atoms with Crippen molar-refractivity contribution >= 4 is 39.1 Å². The molecule has 1 saturated carbocycles. The maximum atomic E-state index is 12.5. The van der Waals surface area contributed by atoms with Crippen LogP contribution in [0.25, 0.3) is 0 Å². The van der Waals surface area contributed by atoms with Crippen molar-refractivity contribution in [3.05, 3.63) is 58.6 Å². The van der Waals surface area contributed by atoms with Gasteiger partial charge < -0.3 is 16.0 Å². The minimum absolute atomic E-state index is 0.0517. The van der Waals surface area contributed by atoms with Crippen LogP contribution in [-0.2, 0) is 4.79 Å². The van der Waals surface area contributed by atoms with Crippen LogP contribution in [0.2, 0.25) is 0 Å². The first-order chi connectivity index (χ1) is 13.1. The molecule has 0 spiro atoms. The number of anilines is 2. The second-order valence-electron chi connectivity index (χ2n) is 6.80. The van der Waals surface area contributed by atoms with Gasteiger partial charge in [0, 0.05) is 27.5 Å². The summed E-state index contributed by atoms with van der Waals surface area (Å²) < 4.78 is 0.907. The van der Waals surface area contributed by atoms with Gasteiger partial charge in [0.05, 0.1) is 6.54 Å². The number of halogens is 1. The lowest BCUT2D eigenvalue weighted by atomic mass is 9.95. The molecule has 1 fully saturated rings. The second-order valence-corrected chi connectivity index (χ2v) is 7.72. The molecule has 3 N–H and O–H groups in total. The molecule has 5 nitrogen and oxygen atoms in total. The highest BCUT2D eigenvalue weighted by Crippen LogP contribution is 2.19. The molecule has 142 valence electrons. The van der Waals surface area contributed by atoms with Crippen LogP contribution < -0.4 is 16.0 Å². The number of hydrogen-bond donors (Lipinski definition) is 3. The summed E-state index contributed by atoms with van der Waals surface area (Å²) in [6.07, 6.45) is 5.73. The van der Waals surface area contributed by atoms with Gasteiger partial charge in [-0.2, -0.15) is 0 Å². The van der Waals surface area contributed by atoms with Crippen LogP contribution in [0.4, 0.5) is 11.4 Å². The van der Waals surface area contributed by atoms with Crippen molar-refractivity contribution in [1.82, 2.24) is 5.32 Å². The average molecular weight is 430 g/mol. The van der Waals surface area contributed by atoms with Crippen LogP contribution >= 0.6 is 15.9 Å². The molecule has 0 atom stereocenters. The topological polar surface area (TPSA) is 70.2 Å². The lowest BCUT2D eigenvalue weighted by molar-refractivity contribution is -0.114. The van der Waals surface area contributed by atoms with E-state index in [9.17, 15) is 9.59 Å². The molecule has 0 aromatic heterocycles. The minimum Gasteiger partial charge on any atom is -0.376 e. The molecule has 0 saturated heterocycles. The summed E-state index contributed by atoms with van der Waals surface area (Å²) in [7, 11) is 0. The Hall–Kier alpha value is -2.34. The van der Waals surface area contributed by atoms with E-state index in [1.165, 1.54) is 19.3 Å². The van der Waals surface area contributed by atoms with E-state index in [0.29, 0.717) is 5.56 Å². The largest absolute Gasteiger partial charge is 0.376 e. The van der Waals surface area contributed by atoms with E-state index in [4.69, 9.17) is 0 Å². The smallest absolute Gasteiger partial charge is 0.251 e. The maximum Gasteiger partial charge on any atom is 0.251 e. The van der Waals surface area contributed by atoms with E-state index in [2.05, 4.69) is 31.9 Å². The molecule has 2 amide bonds. The molecule has 0 bridgehead atoms. The first-order valence-corrected chi connectivity index (χ1v) is 10.1. The first kappa shape index (κ1) is 19.4. The monoisotopic (exact) mass is 429 g/mol. The Morgan fingerprint density at radius 2 is 1.70 bits per heavy atom.